The van der Waals surface area contributed by atoms with Crippen molar-refractivity contribution in [2.75, 3.05) is 5.32 Å². The lowest BCUT2D eigenvalue weighted by atomic mass is 9.74. The lowest BCUT2D eigenvalue weighted by Crippen LogP contribution is -2.24. The van der Waals surface area contributed by atoms with E-state index in [1.165, 1.54) is 43.8 Å². The number of nitriles is 2. The van der Waals surface area contributed by atoms with Crippen LogP contribution >= 0.6 is 11.8 Å². The van der Waals surface area contributed by atoms with E-state index < -0.39 is 0 Å². The molecule has 5 unspecified atom stereocenters. The van der Waals surface area contributed by atoms with Gasteiger partial charge in [-0.05, 0) is 66.5 Å². The maximum absolute atomic E-state index is 11.0. The Morgan fingerprint density at radius 2 is 1.56 bits per heavy atom. The van der Waals surface area contributed by atoms with E-state index in [0.29, 0.717) is 27.8 Å². The molecule has 5 atom stereocenters. The zero-order chi connectivity index (χ0) is 41.2. The largest absolute Gasteiger partial charge is 0.354 e. The summed E-state index contributed by atoms with van der Waals surface area (Å²) >= 11 is 1.90. The van der Waals surface area contributed by atoms with Gasteiger partial charge >= 0.3 is 0 Å². The normalized spacial score (nSPS) is 22.1. The number of hydrogen-bond acceptors (Lipinski definition) is 4. The van der Waals surface area contributed by atoms with Crippen LogP contribution in [-0.4, -0.2) is 14.4 Å². The molecule has 2 aromatic heterocycles. The van der Waals surface area contributed by atoms with Crippen LogP contribution in [0.4, 0.5) is 5.69 Å². The molecule has 1 aliphatic heterocycles. The van der Waals surface area contributed by atoms with Crippen LogP contribution in [0.15, 0.2) is 192 Å². The molecule has 0 saturated heterocycles. The van der Waals surface area contributed by atoms with Gasteiger partial charge in [0.15, 0.2) is 0 Å². The number of thioether (sulfide) groups is 1. The van der Waals surface area contributed by atoms with Crippen molar-refractivity contribution in [1.29, 1.82) is 10.5 Å². The van der Waals surface area contributed by atoms with Crippen LogP contribution in [0.3, 0.4) is 0 Å². The molecule has 0 spiro atoms. The fourth-order valence-electron chi connectivity index (χ4n) is 10.4. The first-order valence-electron chi connectivity index (χ1n) is 20.9. The third-order valence-electron chi connectivity index (χ3n) is 13.0. The molecule has 0 fully saturated rings. The molecule has 5 aliphatic rings. The maximum atomic E-state index is 11.0. The number of nitrogens with one attached hydrogen (secondary N) is 1. The number of aromatic nitrogens is 2. The lowest BCUT2D eigenvalue weighted by Gasteiger charge is -2.34. The number of hydrogen-bond donors (Lipinski definition) is 1. The van der Waals surface area contributed by atoms with Crippen molar-refractivity contribution in [3.8, 4) is 17.8 Å². The SMILES string of the molecule is C=C/C=C\c1c(C)n(C2C=CC=C(C3=C(Nc4cc(C#N)c(-n5c6ccccc6c6ccc7c(c65)C5C=CC=CC5S7)cc4C#N)C=CC4C=CC=CC34)C2)c2ccccc12. The third-order valence-corrected chi connectivity index (χ3v) is 14.4. The molecule has 4 aromatic carbocycles. The highest BCUT2D eigenvalue weighted by molar-refractivity contribution is 8.00. The van der Waals surface area contributed by atoms with Crippen LogP contribution in [0.5, 0.6) is 0 Å². The van der Waals surface area contributed by atoms with Crippen LogP contribution in [-0.2, 0) is 0 Å². The number of para-hydroxylation sites is 2. The molecule has 0 saturated carbocycles. The fourth-order valence-corrected chi connectivity index (χ4v) is 11.7. The van der Waals surface area contributed by atoms with Crippen molar-refractivity contribution in [2.45, 2.75) is 35.4 Å². The average molecular weight is 804 g/mol. The quantitative estimate of drug-likeness (QED) is 0.163. The number of nitrogens with zero attached hydrogens (tertiary/aromatic N) is 4. The summed E-state index contributed by atoms with van der Waals surface area (Å²) in [7, 11) is 0. The maximum Gasteiger partial charge on any atom is 0.101 e. The van der Waals surface area contributed by atoms with Crippen LogP contribution in [0.1, 0.15) is 46.3 Å². The minimum absolute atomic E-state index is 0.0950. The molecule has 6 aromatic rings. The van der Waals surface area contributed by atoms with Gasteiger partial charge in [-0.15, -0.1) is 11.8 Å². The number of fused-ring (bicyclic) bond motifs is 9. The zero-order valence-electron chi connectivity index (χ0n) is 33.7. The van der Waals surface area contributed by atoms with Crippen LogP contribution in [0.2, 0.25) is 0 Å². The van der Waals surface area contributed by atoms with Crippen LogP contribution in [0, 0.1) is 41.4 Å². The van der Waals surface area contributed by atoms with Gasteiger partial charge < -0.3 is 14.5 Å². The van der Waals surface area contributed by atoms with Crippen LogP contribution < -0.4 is 5.32 Å². The van der Waals surface area contributed by atoms with E-state index >= 15 is 0 Å². The van der Waals surface area contributed by atoms with E-state index in [1.807, 2.05) is 36.0 Å². The van der Waals surface area contributed by atoms with Gasteiger partial charge in [0.25, 0.3) is 0 Å². The zero-order valence-corrected chi connectivity index (χ0v) is 34.5. The highest BCUT2D eigenvalue weighted by Gasteiger charge is 2.36. The monoisotopic (exact) mass is 803 g/mol. The van der Waals surface area contributed by atoms with E-state index in [0.717, 1.165) is 33.9 Å². The Balaban J connectivity index is 1.03. The minimum Gasteiger partial charge on any atom is -0.354 e. The summed E-state index contributed by atoms with van der Waals surface area (Å²) < 4.78 is 4.71. The van der Waals surface area contributed by atoms with Gasteiger partial charge in [0.1, 0.15) is 12.1 Å². The summed E-state index contributed by atoms with van der Waals surface area (Å²) in [5.74, 6) is 0.529. The molecule has 1 N–H and O–H groups in total. The van der Waals surface area contributed by atoms with E-state index in [9.17, 15) is 10.5 Å². The molecule has 61 heavy (non-hydrogen) atoms. The second kappa shape index (κ2) is 14.8. The van der Waals surface area contributed by atoms with Crippen molar-refractivity contribution in [3.05, 3.63) is 215 Å². The standard InChI is InChI=1S/C55H41N5S/c1-3-4-17-40-34(2)59(48-22-10-7-19-42(40)48)39-16-13-15-36(29-39)53-41-18-6-5-14-35(41)25-27-46(53)58-47-30-38(33-57)50(31-37(47)32-56)60-49-23-11-8-20-43(49)44-26-28-52-54(55(44)60)45-21-9-12-24-51(45)61-52/h3-28,30-31,35,39,41,45,51,58H,1,29H2,2H3/b17-4-. The first kappa shape index (κ1) is 36.8. The molecule has 3 heterocycles. The first-order chi connectivity index (χ1) is 30.1. The summed E-state index contributed by atoms with van der Waals surface area (Å²) in [6.07, 6.45) is 35.7. The van der Waals surface area contributed by atoms with Gasteiger partial charge in [-0.3, -0.25) is 0 Å². The Kier molecular flexibility index (Phi) is 8.92. The van der Waals surface area contributed by atoms with Crippen molar-refractivity contribution >= 4 is 56.2 Å². The Morgan fingerprint density at radius 1 is 0.787 bits per heavy atom. The average Bonchev–Trinajstić information content (AvgIpc) is 3.94. The highest BCUT2D eigenvalue weighted by atomic mass is 32.2. The summed E-state index contributed by atoms with van der Waals surface area (Å²) in [6, 6.07) is 30.5. The smallest absolute Gasteiger partial charge is 0.101 e. The van der Waals surface area contributed by atoms with Gasteiger partial charge in [-0.25, -0.2) is 0 Å². The molecule has 0 radical (unpaired) electrons. The van der Waals surface area contributed by atoms with E-state index in [4.69, 9.17) is 0 Å². The van der Waals surface area contributed by atoms with Gasteiger partial charge in [0, 0.05) is 66.5 Å². The summed E-state index contributed by atoms with van der Waals surface area (Å²) in [5.41, 5.74) is 12.7. The Morgan fingerprint density at radius 3 is 2.39 bits per heavy atom. The van der Waals surface area contributed by atoms with Crippen LogP contribution in [0.25, 0.3) is 44.5 Å². The predicted molar refractivity (Wildman–Crippen MR) is 253 cm³/mol. The lowest BCUT2D eigenvalue weighted by molar-refractivity contribution is 0.571. The van der Waals surface area contributed by atoms with Crippen molar-refractivity contribution < 1.29 is 0 Å². The van der Waals surface area contributed by atoms with Crippen molar-refractivity contribution in [1.82, 2.24) is 9.13 Å². The van der Waals surface area contributed by atoms with Gasteiger partial charge in [-0.2, -0.15) is 10.5 Å². The van der Waals surface area contributed by atoms with E-state index in [1.54, 1.807) is 0 Å². The van der Waals surface area contributed by atoms with Gasteiger partial charge in [0.05, 0.1) is 39.6 Å². The summed E-state index contributed by atoms with van der Waals surface area (Å²) in [6.45, 7) is 6.13. The molecule has 292 valence electrons. The molecular weight excluding hydrogens is 763 g/mol. The Labute approximate surface area is 360 Å². The topological polar surface area (TPSA) is 69.5 Å². The van der Waals surface area contributed by atoms with Crippen molar-refractivity contribution in [3.63, 3.8) is 0 Å². The van der Waals surface area contributed by atoms with E-state index in [2.05, 4.69) is 186 Å². The molecule has 0 amide bonds. The summed E-state index contributed by atoms with van der Waals surface area (Å²) in [5, 5.41) is 29.4. The second-order valence-corrected chi connectivity index (χ2v) is 17.5. The molecule has 5 nitrogen and oxygen atoms in total. The number of anilines is 1. The number of allylic oxidation sites excluding steroid dienone is 16. The molecular formula is C55H41N5S. The molecule has 0 bridgehead atoms. The first-order valence-corrected chi connectivity index (χ1v) is 21.8. The van der Waals surface area contributed by atoms with Crippen molar-refractivity contribution in [2.24, 2.45) is 11.8 Å². The van der Waals surface area contributed by atoms with Gasteiger partial charge in [-0.1, -0.05) is 140 Å². The van der Waals surface area contributed by atoms with Gasteiger partial charge in [0.2, 0.25) is 0 Å². The summed E-state index contributed by atoms with van der Waals surface area (Å²) in [4.78, 5) is 1.26. The van der Waals surface area contributed by atoms with E-state index in [-0.39, 0.29) is 23.8 Å². The molecule has 11 rings (SSSR count). The molecule has 6 heteroatoms. The highest BCUT2D eigenvalue weighted by Crippen LogP contribution is 2.53. The number of benzene rings is 4. The second-order valence-electron chi connectivity index (χ2n) is 16.3. The predicted octanol–water partition coefficient (Wildman–Crippen LogP) is 13.4. The number of rotatable bonds is 7. The third kappa shape index (κ3) is 5.82. The minimum atomic E-state index is 0.0950. The fraction of sp³-hybridized carbons (Fsp3) is 0.127. The molecule has 4 aliphatic carbocycles. The Bertz CT molecular complexity index is 3260. The Hall–Kier alpha value is -7.25.